The van der Waals surface area contributed by atoms with Gasteiger partial charge in [0.2, 0.25) is 5.91 Å². The van der Waals surface area contributed by atoms with Crippen LogP contribution in [-0.4, -0.2) is 47.8 Å². The van der Waals surface area contributed by atoms with E-state index in [1.54, 1.807) is 17.2 Å². The first kappa shape index (κ1) is 15.7. The van der Waals surface area contributed by atoms with Crippen LogP contribution in [0.4, 0.5) is 0 Å². The van der Waals surface area contributed by atoms with Gasteiger partial charge in [0.25, 0.3) is 5.91 Å². The van der Waals surface area contributed by atoms with Crippen molar-refractivity contribution in [2.24, 2.45) is 17.8 Å². The molecule has 2 amide bonds. The molecule has 2 atom stereocenters. The van der Waals surface area contributed by atoms with Gasteiger partial charge in [-0.3, -0.25) is 9.59 Å². The summed E-state index contributed by atoms with van der Waals surface area (Å²) < 4.78 is 5.32. The van der Waals surface area contributed by atoms with Crippen molar-refractivity contribution in [2.45, 2.75) is 45.1 Å². The summed E-state index contributed by atoms with van der Waals surface area (Å²) in [6.07, 6.45) is 7.09. The lowest BCUT2D eigenvalue weighted by molar-refractivity contribution is -0.134. The van der Waals surface area contributed by atoms with Crippen molar-refractivity contribution in [3.8, 4) is 0 Å². The molecule has 3 fully saturated rings. The Morgan fingerprint density at radius 2 is 1.92 bits per heavy atom. The lowest BCUT2D eigenvalue weighted by atomic mass is 10.0. The van der Waals surface area contributed by atoms with Crippen LogP contribution in [0.5, 0.6) is 0 Å². The molecule has 5 heteroatoms. The molecule has 0 aromatic carbocycles. The van der Waals surface area contributed by atoms with E-state index in [1.807, 2.05) is 18.9 Å². The Hall–Kier alpha value is -1.78. The van der Waals surface area contributed by atoms with E-state index in [4.69, 9.17) is 4.42 Å². The van der Waals surface area contributed by atoms with Crippen LogP contribution >= 0.6 is 0 Å². The monoisotopic (exact) mass is 330 g/mol. The fourth-order valence-electron chi connectivity index (χ4n) is 4.14. The molecule has 0 unspecified atom stereocenters. The Morgan fingerprint density at radius 3 is 2.50 bits per heavy atom. The van der Waals surface area contributed by atoms with Gasteiger partial charge in [0.15, 0.2) is 5.76 Å². The number of hydrogen-bond donors (Lipinski definition) is 0. The zero-order valence-electron chi connectivity index (χ0n) is 14.5. The normalized spacial score (nSPS) is 27.2. The average molecular weight is 330 g/mol. The smallest absolute Gasteiger partial charge is 0.289 e. The Bertz CT molecular complexity index is 641. The number of nitrogens with zero attached hydrogens (tertiary/aromatic N) is 2. The van der Waals surface area contributed by atoms with Crippen LogP contribution in [0.3, 0.4) is 0 Å². The molecule has 2 heterocycles. The second-order valence-electron chi connectivity index (χ2n) is 7.80. The molecule has 4 rings (SSSR count). The minimum Gasteiger partial charge on any atom is -0.459 e. The molecule has 1 aliphatic heterocycles. The third-order valence-corrected chi connectivity index (χ3v) is 5.97. The van der Waals surface area contributed by atoms with Gasteiger partial charge in [-0.1, -0.05) is 0 Å². The van der Waals surface area contributed by atoms with Crippen molar-refractivity contribution in [1.29, 1.82) is 0 Å². The molecule has 1 aromatic rings. The summed E-state index contributed by atoms with van der Waals surface area (Å²) >= 11 is 0. The maximum Gasteiger partial charge on any atom is 0.289 e. The van der Waals surface area contributed by atoms with E-state index >= 15 is 0 Å². The summed E-state index contributed by atoms with van der Waals surface area (Å²) in [5.74, 6) is 2.53. The van der Waals surface area contributed by atoms with Crippen LogP contribution in [0, 0.1) is 24.7 Å². The van der Waals surface area contributed by atoms with Gasteiger partial charge in [0.1, 0.15) is 0 Å². The Morgan fingerprint density at radius 1 is 1.21 bits per heavy atom. The summed E-state index contributed by atoms with van der Waals surface area (Å²) in [7, 11) is 1.84. The lowest BCUT2D eigenvalue weighted by Crippen LogP contribution is -2.47. The topological polar surface area (TPSA) is 53.8 Å². The van der Waals surface area contributed by atoms with Crippen LogP contribution < -0.4 is 0 Å². The maximum absolute atomic E-state index is 12.6. The fourth-order valence-corrected chi connectivity index (χ4v) is 4.14. The highest BCUT2D eigenvalue weighted by atomic mass is 16.3. The van der Waals surface area contributed by atoms with E-state index in [1.165, 1.54) is 12.8 Å². The fraction of sp³-hybridized carbons (Fsp3) is 0.684. The first-order chi connectivity index (χ1) is 11.5. The number of likely N-dealkylation sites (tertiary alicyclic amines) is 1. The Labute approximate surface area is 143 Å². The van der Waals surface area contributed by atoms with Crippen LogP contribution in [-0.2, 0) is 4.79 Å². The second kappa shape index (κ2) is 5.94. The van der Waals surface area contributed by atoms with Gasteiger partial charge in [-0.25, -0.2) is 0 Å². The zero-order valence-corrected chi connectivity index (χ0v) is 14.5. The highest BCUT2D eigenvalue weighted by Crippen LogP contribution is 2.55. The van der Waals surface area contributed by atoms with Crippen molar-refractivity contribution >= 4 is 11.8 Å². The second-order valence-corrected chi connectivity index (χ2v) is 7.80. The van der Waals surface area contributed by atoms with Gasteiger partial charge in [-0.2, -0.15) is 0 Å². The number of carbonyl (C=O) groups excluding carboxylic acids is 2. The highest BCUT2D eigenvalue weighted by Gasteiger charge is 2.52. The largest absolute Gasteiger partial charge is 0.459 e. The number of piperidine rings is 1. The Balaban J connectivity index is 1.29. The molecule has 24 heavy (non-hydrogen) atoms. The van der Waals surface area contributed by atoms with Crippen molar-refractivity contribution < 1.29 is 14.0 Å². The van der Waals surface area contributed by atoms with Gasteiger partial charge < -0.3 is 14.2 Å². The molecule has 130 valence electrons. The molecule has 0 N–H and O–H groups in total. The van der Waals surface area contributed by atoms with Gasteiger partial charge in [0, 0.05) is 32.1 Å². The van der Waals surface area contributed by atoms with Crippen molar-refractivity contribution in [2.75, 3.05) is 20.1 Å². The summed E-state index contributed by atoms with van der Waals surface area (Å²) in [4.78, 5) is 28.8. The third-order valence-electron chi connectivity index (χ3n) is 5.97. The molecule has 0 spiro atoms. The SMILES string of the molecule is Cc1coc(C(=O)N(C)C2CCN(C(=O)[C@@H]3C[C@H]3C3CC3)CC2)c1. The van der Waals surface area contributed by atoms with E-state index in [0.29, 0.717) is 23.5 Å². The minimum atomic E-state index is -0.0659. The van der Waals surface area contributed by atoms with Crippen LogP contribution in [0.15, 0.2) is 16.7 Å². The highest BCUT2D eigenvalue weighted by molar-refractivity contribution is 5.91. The molecule has 3 aliphatic rings. The number of rotatable bonds is 4. The van der Waals surface area contributed by atoms with Gasteiger partial charge in [-0.05, 0) is 62.5 Å². The summed E-state index contributed by atoms with van der Waals surface area (Å²) in [6.45, 7) is 3.45. The van der Waals surface area contributed by atoms with Gasteiger partial charge in [-0.15, -0.1) is 0 Å². The summed E-state index contributed by atoms with van der Waals surface area (Å²) in [5, 5.41) is 0. The van der Waals surface area contributed by atoms with Crippen LogP contribution in [0.25, 0.3) is 0 Å². The van der Waals surface area contributed by atoms with E-state index < -0.39 is 0 Å². The molecule has 1 aromatic heterocycles. The molecular formula is C19H26N2O3. The zero-order chi connectivity index (χ0) is 16.8. The number of furan rings is 1. The first-order valence-corrected chi connectivity index (χ1v) is 9.15. The van der Waals surface area contributed by atoms with Gasteiger partial charge >= 0.3 is 0 Å². The van der Waals surface area contributed by atoms with Crippen LogP contribution in [0.1, 0.15) is 48.2 Å². The van der Waals surface area contributed by atoms with Crippen LogP contribution in [0.2, 0.25) is 0 Å². The number of hydrogen-bond acceptors (Lipinski definition) is 3. The van der Waals surface area contributed by atoms with Crippen molar-refractivity contribution in [3.05, 3.63) is 23.7 Å². The predicted octanol–water partition coefficient (Wildman–Crippen LogP) is 2.70. The minimum absolute atomic E-state index is 0.0659. The lowest BCUT2D eigenvalue weighted by Gasteiger charge is -2.36. The summed E-state index contributed by atoms with van der Waals surface area (Å²) in [6, 6.07) is 1.97. The van der Waals surface area contributed by atoms with E-state index in [0.717, 1.165) is 43.8 Å². The molecular weight excluding hydrogens is 304 g/mol. The molecule has 5 nitrogen and oxygen atoms in total. The first-order valence-electron chi connectivity index (χ1n) is 9.15. The Kier molecular flexibility index (Phi) is 3.89. The van der Waals surface area contributed by atoms with Crippen molar-refractivity contribution in [1.82, 2.24) is 9.80 Å². The molecule has 0 radical (unpaired) electrons. The third kappa shape index (κ3) is 2.96. The van der Waals surface area contributed by atoms with E-state index in [9.17, 15) is 9.59 Å². The summed E-state index contributed by atoms with van der Waals surface area (Å²) in [5.41, 5.74) is 0.960. The van der Waals surface area contributed by atoms with Crippen molar-refractivity contribution in [3.63, 3.8) is 0 Å². The number of amides is 2. The molecule has 1 saturated heterocycles. The number of carbonyl (C=O) groups is 2. The van der Waals surface area contributed by atoms with E-state index in [-0.39, 0.29) is 11.9 Å². The van der Waals surface area contributed by atoms with Gasteiger partial charge in [0.05, 0.1) is 6.26 Å². The maximum atomic E-state index is 12.6. The molecule has 0 bridgehead atoms. The quantitative estimate of drug-likeness (QED) is 0.853. The average Bonchev–Trinajstić information content (AvgIpc) is 3.50. The number of aryl methyl sites for hydroxylation is 1. The molecule has 2 saturated carbocycles. The standard InChI is InChI=1S/C19H26N2O3/c1-12-9-17(24-11-12)19(23)20(2)14-5-7-21(8-6-14)18(22)16-10-15(16)13-3-4-13/h9,11,13-16H,3-8,10H2,1-2H3/t15-,16+/m0/s1. The van der Waals surface area contributed by atoms with E-state index in [2.05, 4.69) is 0 Å². The predicted molar refractivity (Wildman–Crippen MR) is 89.5 cm³/mol. The molecule has 2 aliphatic carbocycles.